The number of carboxylic acids is 1. The Bertz CT molecular complexity index is 795. The van der Waals surface area contributed by atoms with E-state index in [0.717, 1.165) is 26.5 Å². The second-order valence-corrected chi connectivity index (χ2v) is 5.27. The Balaban J connectivity index is 2.10. The molecule has 5 heteroatoms. The molecule has 0 aliphatic rings. The van der Waals surface area contributed by atoms with Crippen molar-refractivity contribution < 1.29 is 14.6 Å². The molecule has 0 aliphatic heterocycles. The van der Waals surface area contributed by atoms with Gasteiger partial charge in [-0.25, -0.2) is 9.78 Å². The van der Waals surface area contributed by atoms with Crippen LogP contribution in [-0.2, 0) is 0 Å². The second-order valence-electron chi connectivity index (χ2n) is 4.24. The molecule has 20 heavy (non-hydrogen) atoms. The molecule has 0 fully saturated rings. The van der Waals surface area contributed by atoms with E-state index in [1.165, 1.54) is 11.3 Å². The Hall–Kier alpha value is -2.40. The molecule has 1 heterocycles. The van der Waals surface area contributed by atoms with Crippen molar-refractivity contribution in [3.63, 3.8) is 0 Å². The van der Waals surface area contributed by atoms with E-state index in [1.807, 2.05) is 24.3 Å². The highest BCUT2D eigenvalue weighted by molar-refractivity contribution is 7.21. The predicted molar refractivity (Wildman–Crippen MR) is 78.6 cm³/mol. The molecule has 1 N–H and O–H groups in total. The zero-order valence-electron chi connectivity index (χ0n) is 10.7. The molecule has 3 rings (SSSR count). The molecule has 100 valence electrons. The average Bonchev–Trinajstić information content (AvgIpc) is 2.90. The zero-order valence-corrected chi connectivity index (χ0v) is 11.5. The first-order chi connectivity index (χ1) is 9.67. The van der Waals surface area contributed by atoms with Crippen molar-refractivity contribution in [3.05, 3.63) is 48.0 Å². The standard InChI is InChI=1S/C15H11NO3S/c1-19-11-4-2-3-9(7-11)14-16-12-6-5-10(15(17)18)8-13(12)20-14/h2-8H,1H3,(H,17,18). The highest BCUT2D eigenvalue weighted by Crippen LogP contribution is 2.32. The lowest BCUT2D eigenvalue weighted by Gasteiger charge is -2.00. The summed E-state index contributed by atoms with van der Waals surface area (Å²) in [6.45, 7) is 0. The summed E-state index contributed by atoms with van der Waals surface area (Å²) in [4.78, 5) is 15.5. The number of hydrogen-bond acceptors (Lipinski definition) is 4. The summed E-state index contributed by atoms with van der Waals surface area (Å²) >= 11 is 1.47. The topological polar surface area (TPSA) is 59.4 Å². The lowest BCUT2D eigenvalue weighted by Crippen LogP contribution is -1.94. The SMILES string of the molecule is COc1cccc(-c2nc3ccc(C(=O)O)cc3s2)c1. The fraction of sp³-hybridized carbons (Fsp3) is 0.0667. The van der Waals surface area contributed by atoms with Gasteiger partial charge in [0, 0.05) is 5.56 Å². The van der Waals surface area contributed by atoms with Crippen molar-refractivity contribution in [2.24, 2.45) is 0 Å². The average molecular weight is 285 g/mol. The van der Waals surface area contributed by atoms with Gasteiger partial charge in [-0.2, -0.15) is 0 Å². The van der Waals surface area contributed by atoms with Gasteiger partial charge in [-0.3, -0.25) is 0 Å². The van der Waals surface area contributed by atoms with Crippen molar-refractivity contribution in [1.82, 2.24) is 4.98 Å². The first-order valence-electron chi connectivity index (χ1n) is 5.95. The number of nitrogens with zero attached hydrogens (tertiary/aromatic N) is 1. The van der Waals surface area contributed by atoms with E-state index in [1.54, 1.807) is 25.3 Å². The van der Waals surface area contributed by atoms with Gasteiger partial charge in [-0.1, -0.05) is 12.1 Å². The molecular formula is C15H11NO3S. The maximum absolute atomic E-state index is 11.0. The number of carbonyl (C=O) groups is 1. The molecule has 0 amide bonds. The number of ether oxygens (including phenoxy) is 1. The Morgan fingerprint density at radius 3 is 2.85 bits per heavy atom. The maximum Gasteiger partial charge on any atom is 0.335 e. The summed E-state index contributed by atoms with van der Waals surface area (Å²) in [5.74, 6) is -0.156. The lowest BCUT2D eigenvalue weighted by atomic mass is 10.2. The third-order valence-electron chi connectivity index (χ3n) is 2.95. The molecular weight excluding hydrogens is 274 g/mol. The summed E-state index contributed by atoms with van der Waals surface area (Å²) in [5, 5.41) is 9.85. The molecule has 0 spiro atoms. The third-order valence-corrected chi connectivity index (χ3v) is 4.02. The van der Waals surface area contributed by atoms with Crippen molar-refractivity contribution in [1.29, 1.82) is 0 Å². The number of fused-ring (bicyclic) bond motifs is 1. The Morgan fingerprint density at radius 2 is 2.10 bits per heavy atom. The first kappa shape index (κ1) is 12.6. The van der Waals surface area contributed by atoms with Crippen LogP contribution >= 0.6 is 11.3 Å². The van der Waals surface area contributed by atoms with Crippen LogP contribution in [-0.4, -0.2) is 23.2 Å². The van der Waals surface area contributed by atoms with Crippen LogP contribution in [0.3, 0.4) is 0 Å². The van der Waals surface area contributed by atoms with Crippen LogP contribution in [0.4, 0.5) is 0 Å². The van der Waals surface area contributed by atoms with Gasteiger partial charge in [0.15, 0.2) is 0 Å². The van der Waals surface area contributed by atoms with Crippen LogP contribution in [0.2, 0.25) is 0 Å². The number of thiazole rings is 1. The summed E-state index contributed by atoms with van der Waals surface area (Å²) < 4.78 is 6.06. The van der Waals surface area contributed by atoms with E-state index < -0.39 is 5.97 Å². The largest absolute Gasteiger partial charge is 0.497 e. The van der Waals surface area contributed by atoms with E-state index in [0.29, 0.717) is 0 Å². The van der Waals surface area contributed by atoms with Crippen LogP contribution in [0.15, 0.2) is 42.5 Å². The minimum Gasteiger partial charge on any atom is -0.497 e. The molecule has 0 saturated heterocycles. The van der Waals surface area contributed by atoms with E-state index >= 15 is 0 Å². The summed E-state index contributed by atoms with van der Waals surface area (Å²) in [6, 6.07) is 12.6. The monoisotopic (exact) mass is 285 g/mol. The number of aromatic nitrogens is 1. The van der Waals surface area contributed by atoms with Crippen molar-refractivity contribution in [3.8, 4) is 16.3 Å². The molecule has 3 aromatic rings. The molecule has 0 unspecified atom stereocenters. The molecule has 1 aromatic heterocycles. The Morgan fingerprint density at radius 1 is 1.25 bits per heavy atom. The molecule has 4 nitrogen and oxygen atoms in total. The highest BCUT2D eigenvalue weighted by atomic mass is 32.1. The zero-order chi connectivity index (χ0) is 14.1. The van der Waals surface area contributed by atoms with Crippen LogP contribution in [0.1, 0.15) is 10.4 Å². The van der Waals surface area contributed by atoms with E-state index in [2.05, 4.69) is 4.98 Å². The third kappa shape index (κ3) is 2.23. The molecule has 2 aromatic carbocycles. The Kier molecular flexibility index (Phi) is 3.12. The summed E-state index contributed by atoms with van der Waals surface area (Å²) in [7, 11) is 1.62. The van der Waals surface area contributed by atoms with Gasteiger partial charge in [0.05, 0.1) is 22.9 Å². The smallest absolute Gasteiger partial charge is 0.335 e. The highest BCUT2D eigenvalue weighted by Gasteiger charge is 2.10. The number of benzene rings is 2. The van der Waals surface area contributed by atoms with E-state index in [-0.39, 0.29) is 5.56 Å². The summed E-state index contributed by atoms with van der Waals surface area (Å²) in [5.41, 5.74) is 2.04. The minimum absolute atomic E-state index is 0.276. The second kappa shape index (κ2) is 4.94. The van der Waals surface area contributed by atoms with Gasteiger partial charge in [0.1, 0.15) is 10.8 Å². The van der Waals surface area contributed by atoms with Gasteiger partial charge < -0.3 is 9.84 Å². The van der Waals surface area contributed by atoms with Crippen molar-refractivity contribution >= 4 is 27.5 Å². The van der Waals surface area contributed by atoms with Gasteiger partial charge in [-0.05, 0) is 30.3 Å². The molecule has 0 bridgehead atoms. The molecule has 0 atom stereocenters. The molecule has 0 aliphatic carbocycles. The fourth-order valence-electron chi connectivity index (χ4n) is 1.94. The van der Waals surface area contributed by atoms with Crippen LogP contribution in [0.5, 0.6) is 5.75 Å². The normalized spacial score (nSPS) is 10.7. The summed E-state index contributed by atoms with van der Waals surface area (Å²) in [6.07, 6.45) is 0. The van der Waals surface area contributed by atoms with Crippen LogP contribution < -0.4 is 4.74 Å². The van der Waals surface area contributed by atoms with Gasteiger partial charge in [0.2, 0.25) is 0 Å². The number of rotatable bonds is 3. The van der Waals surface area contributed by atoms with Gasteiger partial charge in [0.25, 0.3) is 0 Å². The Labute approximate surface area is 119 Å². The fourth-order valence-corrected chi connectivity index (χ4v) is 2.94. The lowest BCUT2D eigenvalue weighted by molar-refractivity contribution is 0.0697. The molecule has 0 radical (unpaired) electrons. The van der Waals surface area contributed by atoms with Gasteiger partial charge >= 0.3 is 5.97 Å². The molecule has 0 saturated carbocycles. The van der Waals surface area contributed by atoms with Crippen molar-refractivity contribution in [2.75, 3.05) is 7.11 Å². The van der Waals surface area contributed by atoms with Crippen LogP contribution in [0.25, 0.3) is 20.8 Å². The van der Waals surface area contributed by atoms with Gasteiger partial charge in [-0.15, -0.1) is 11.3 Å². The first-order valence-corrected chi connectivity index (χ1v) is 6.77. The number of hydrogen-bond donors (Lipinski definition) is 1. The number of aromatic carboxylic acids is 1. The minimum atomic E-state index is -0.928. The van der Waals surface area contributed by atoms with Crippen LogP contribution in [0, 0.1) is 0 Å². The quantitative estimate of drug-likeness (QED) is 0.797. The maximum atomic E-state index is 11.0. The predicted octanol–water partition coefficient (Wildman–Crippen LogP) is 3.67. The van der Waals surface area contributed by atoms with E-state index in [9.17, 15) is 4.79 Å². The number of carboxylic acid groups (broad SMARTS) is 1. The number of methoxy groups -OCH3 is 1. The van der Waals surface area contributed by atoms with E-state index in [4.69, 9.17) is 9.84 Å². The van der Waals surface area contributed by atoms with Crippen molar-refractivity contribution in [2.45, 2.75) is 0 Å².